The summed E-state index contributed by atoms with van der Waals surface area (Å²) in [5.41, 5.74) is 1.78. The second kappa shape index (κ2) is 11.5. The van der Waals surface area contributed by atoms with Crippen LogP contribution in [0.1, 0.15) is 56.5 Å². The summed E-state index contributed by atoms with van der Waals surface area (Å²) in [7, 11) is 1.65. The maximum atomic E-state index is 12.9. The summed E-state index contributed by atoms with van der Waals surface area (Å²) in [4.78, 5) is 12.9. The molecule has 0 radical (unpaired) electrons. The lowest BCUT2D eigenvalue weighted by molar-refractivity contribution is -0.126. The molecule has 0 saturated heterocycles. The minimum atomic E-state index is -0.344. The maximum Gasteiger partial charge on any atom is 0.223 e. The number of aromatic nitrogens is 3. The molecule has 1 atom stereocenters. The molecule has 4 rings (SSSR count). The van der Waals surface area contributed by atoms with Crippen molar-refractivity contribution in [1.82, 2.24) is 20.1 Å². The van der Waals surface area contributed by atoms with Gasteiger partial charge in [-0.25, -0.2) is 0 Å². The Morgan fingerprint density at radius 2 is 1.97 bits per heavy atom. The molecule has 1 saturated carbocycles. The van der Waals surface area contributed by atoms with E-state index in [4.69, 9.17) is 27.9 Å². The Kier molecular flexibility index (Phi) is 8.40. The average Bonchev–Trinajstić information content (AvgIpc) is 3.28. The summed E-state index contributed by atoms with van der Waals surface area (Å²) in [6, 6.07) is 12.9. The second-order valence-electron chi connectivity index (χ2n) is 8.48. The van der Waals surface area contributed by atoms with Crippen LogP contribution in [0.15, 0.2) is 47.6 Å². The van der Waals surface area contributed by atoms with Crippen molar-refractivity contribution < 1.29 is 9.53 Å². The lowest BCUT2D eigenvalue weighted by Crippen LogP contribution is -2.34. The normalized spacial score (nSPS) is 15.2. The van der Waals surface area contributed by atoms with Crippen LogP contribution < -0.4 is 10.1 Å². The number of rotatable bonds is 8. The molecule has 180 valence electrons. The number of ether oxygens (including phenoxy) is 1. The van der Waals surface area contributed by atoms with Crippen molar-refractivity contribution >= 4 is 40.9 Å². The molecule has 1 amide bonds. The molecule has 1 unspecified atom stereocenters. The number of thioether (sulfide) groups is 1. The Morgan fingerprint density at radius 1 is 1.18 bits per heavy atom. The lowest BCUT2D eigenvalue weighted by atomic mass is 9.88. The third-order valence-corrected chi connectivity index (χ3v) is 7.59. The maximum absolute atomic E-state index is 12.9. The van der Waals surface area contributed by atoms with Gasteiger partial charge in [-0.05, 0) is 55.7 Å². The van der Waals surface area contributed by atoms with E-state index >= 15 is 0 Å². The van der Waals surface area contributed by atoms with Crippen LogP contribution in [0.25, 0.3) is 5.69 Å². The van der Waals surface area contributed by atoms with Crippen LogP contribution in [-0.4, -0.2) is 27.8 Å². The van der Waals surface area contributed by atoms with Crippen molar-refractivity contribution in [3.05, 3.63) is 63.9 Å². The molecule has 3 aromatic rings. The lowest BCUT2D eigenvalue weighted by Gasteiger charge is -2.23. The van der Waals surface area contributed by atoms with Crippen molar-refractivity contribution in [2.75, 3.05) is 7.11 Å². The van der Waals surface area contributed by atoms with Gasteiger partial charge in [0.25, 0.3) is 0 Å². The third kappa shape index (κ3) is 5.88. The molecule has 1 N–H and O–H groups in total. The monoisotopic (exact) mass is 518 g/mol. The summed E-state index contributed by atoms with van der Waals surface area (Å²) in [6.07, 6.45) is 5.28. The van der Waals surface area contributed by atoms with Gasteiger partial charge in [0.15, 0.2) is 11.0 Å². The molecule has 0 spiro atoms. The Bertz CT molecular complexity index is 1150. The number of halogens is 2. The van der Waals surface area contributed by atoms with Gasteiger partial charge in [-0.1, -0.05) is 66.4 Å². The SMILES string of the molecule is COc1cccc(CSc2nnc(C(C)NC(=O)C3CCCCC3)n2-c2cc(Cl)ccc2Cl)c1. The first-order chi connectivity index (χ1) is 16.5. The van der Waals surface area contributed by atoms with Gasteiger partial charge in [-0.3, -0.25) is 9.36 Å². The number of hydrogen-bond donors (Lipinski definition) is 1. The minimum absolute atomic E-state index is 0.0595. The van der Waals surface area contributed by atoms with E-state index in [1.54, 1.807) is 25.3 Å². The number of nitrogens with one attached hydrogen (secondary N) is 1. The van der Waals surface area contributed by atoms with E-state index in [0.29, 0.717) is 32.5 Å². The zero-order valence-electron chi connectivity index (χ0n) is 19.3. The molecule has 0 bridgehead atoms. The van der Waals surface area contributed by atoms with E-state index < -0.39 is 0 Å². The number of amides is 1. The molecular formula is C25H28Cl2N4O2S. The topological polar surface area (TPSA) is 69.0 Å². The fourth-order valence-corrected chi connectivity index (χ4v) is 5.47. The Morgan fingerprint density at radius 3 is 2.74 bits per heavy atom. The fraction of sp³-hybridized carbons (Fsp3) is 0.400. The predicted molar refractivity (Wildman–Crippen MR) is 137 cm³/mol. The highest BCUT2D eigenvalue weighted by molar-refractivity contribution is 7.98. The standard InChI is InChI=1S/C25H28Cl2N4O2S/c1-16(28-24(32)18-8-4-3-5-9-18)23-29-30-25(31(23)22-14-19(26)11-12-21(22)27)34-15-17-7-6-10-20(13-17)33-2/h6-7,10-14,16,18H,3-5,8-9,15H2,1-2H3,(H,28,32). The summed E-state index contributed by atoms with van der Waals surface area (Å²) in [6.45, 7) is 1.93. The molecule has 9 heteroatoms. The van der Waals surface area contributed by atoms with E-state index in [-0.39, 0.29) is 17.9 Å². The van der Waals surface area contributed by atoms with Crippen LogP contribution in [0.4, 0.5) is 0 Å². The van der Waals surface area contributed by atoms with Crippen LogP contribution >= 0.6 is 35.0 Å². The number of hydrogen-bond acceptors (Lipinski definition) is 5. The largest absolute Gasteiger partial charge is 0.497 e. The summed E-state index contributed by atoms with van der Waals surface area (Å²) in [5, 5.41) is 13.8. The molecule has 34 heavy (non-hydrogen) atoms. The smallest absolute Gasteiger partial charge is 0.223 e. The third-order valence-electron chi connectivity index (χ3n) is 6.03. The highest BCUT2D eigenvalue weighted by atomic mass is 35.5. The van der Waals surface area contributed by atoms with E-state index in [2.05, 4.69) is 15.5 Å². The Labute approximate surface area is 214 Å². The molecule has 6 nitrogen and oxygen atoms in total. The highest BCUT2D eigenvalue weighted by Gasteiger charge is 2.26. The number of benzene rings is 2. The van der Waals surface area contributed by atoms with Gasteiger partial charge < -0.3 is 10.1 Å². The number of carbonyl (C=O) groups excluding carboxylic acids is 1. The van der Waals surface area contributed by atoms with E-state index in [1.807, 2.05) is 35.8 Å². The first kappa shape index (κ1) is 24.9. The van der Waals surface area contributed by atoms with Gasteiger partial charge >= 0.3 is 0 Å². The van der Waals surface area contributed by atoms with Gasteiger partial charge in [0.2, 0.25) is 5.91 Å². The van der Waals surface area contributed by atoms with Crippen LogP contribution in [0.5, 0.6) is 5.75 Å². The zero-order valence-corrected chi connectivity index (χ0v) is 21.6. The van der Waals surface area contributed by atoms with Crippen LogP contribution in [0.2, 0.25) is 10.0 Å². The first-order valence-electron chi connectivity index (χ1n) is 11.4. The first-order valence-corrected chi connectivity index (χ1v) is 13.2. The van der Waals surface area contributed by atoms with E-state index in [9.17, 15) is 4.79 Å². The van der Waals surface area contributed by atoms with Gasteiger partial charge in [0, 0.05) is 16.7 Å². The van der Waals surface area contributed by atoms with Crippen molar-refractivity contribution in [3.8, 4) is 11.4 Å². The summed E-state index contributed by atoms with van der Waals surface area (Å²) < 4.78 is 7.23. The minimum Gasteiger partial charge on any atom is -0.497 e. The van der Waals surface area contributed by atoms with Gasteiger partial charge in [0.1, 0.15) is 5.75 Å². The second-order valence-corrected chi connectivity index (χ2v) is 10.3. The molecule has 1 aromatic heterocycles. The van der Waals surface area contributed by atoms with Crippen molar-refractivity contribution in [2.24, 2.45) is 5.92 Å². The zero-order chi connectivity index (χ0) is 24.1. The highest BCUT2D eigenvalue weighted by Crippen LogP contribution is 2.33. The molecule has 1 fully saturated rings. The molecule has 2 aromatic carbocycles. The number of carbonyl (C=O) groups is 1. The average molecular weight is 519 g/mol. The molecule has 1 heterocycles. The number of methoxy groups -OCH3 is 1. The van der Waals surface area contributed by atoms with Crippen LogP contribution in [0.3, 0.4) is 0 Å². The Balaban J connectivity index is 1.62. The van der Waals surface area contributed by atoms with Crippen molar-refractivity contribution in [1.29, 1.82) is 0 Å². The van der Waals surface area contributed by atoms with Crippen LogP contribution in [0, 0.1) is 5.92 Å². The fourth-order valence-electron chi connectivity index (χ4n) is 4.21. The Hall–Kier alpha value is -2.22. The predicted octanol–water partition coefficient (Wildman–Crippen LogP) is 6.63. The molecular weight excluding hydrogens is 491 g/mol. The molecule has 1 aliphatic carbocycles. The van der Waals surface area contributed by atoms with Gasteiger partial charge in [-0.2, -0.15) is 0 Å². The van der Waals surface area contributed by atoms with Gasteiger partial charge in [0.05, 0.1) is 23.9 Å². The molecule has 1 aliphatic rings. The van der Waals surface area contributed by atoms with Crippen molar-refractivity contribution in [2.45, 2.75) is 56.0 Å². The van der Waals surface area contributed by atoms with E-state index in [0.717, 1.165) is 37.0 Å². The number of nitrogens with zero attached hydrogens (tertiary/aromatic N) is 3. The molecule has 0 aliphatic heterocycles. The van der Waals surface area contributed by atoms with Gasteiger partial charge in [-0.15, -0.1) is 10.2 Å². The summed E-state index contributed by atoms with van der Waals surface area (Å²) in [5.74, 6) is 2.21. The quantitative estimate of drug-likeness (QED) is 0.338. The van der Waals surface area contributed by atoms with E-state index in [1.165, 1.54) is 18.2 Å². The van der Waals surface area contributed by atoms with Crippen molar-refractivity contribution in [3.63, 3.8) is 0 Å². The summed E-state index contributed by atoms with van der Waals surface area (Å²) >= 11 is 14.4. The van der Waals surface area contributed by atoms with Crippen LogP contribution in [-0.2, 0) is 10.5 Å².